The number of para-hydroxylation sites is 2. The Morgan fingerprint density at radius 2 is 1.89 bits per heavy atom. The third-order valence-electron chi connectivity index (χ3n) is 5.28. The van der Waals surface area contributed by atoms with Crippen molar-refractivity contribution >= 4 is 13.4 Å². The van der Waals surface area contributed by atoms with Gasteiger partial charge in [-0.3, -0.25) is 24.0 Å². The van der Waals surface area contributed by atoms with E-state index in [2.05, 4.69) is 20.1 Å². The molecule has 1 aliphatic heterocycles. The molecule has 4 atom stereocenters. The number of benzene rings is 2. The molecule has 0 radical (unpaired) electrons. The summed E-state index contributed by atoms with van der Waals surface area (Å²) in [5.41, 5.74) is 8.69. The smallest absolute Gasteiger partial charge is 0.409 e. The average Bonchev–Trinajstić information content (AvgIpc) is 3.24. The highest BCUT2D eigenvalue weighted by molar-refractivity contribution is 7.55. The number of hydrogen-bond donors (Lipinski definition) is 2. The lowest BCUT2D eigenvalue weighted by molar-refractivity contribution is -0.0234. The van der Waals surface area contributed by atoms with Crippen LogP contribution in [0.4, 0.5) is 5.69 Å². The molecule has 2 N–H and O–H groups in total. The maximum atomic E-state index is 13.7. The summed E-state index contributed by atoms with van der Waals surface area (Å²) in [5, 5.41) is 6.55. The molecule has 1 aromatic heterocycles. The number of aromatic nitrogens is 2. The zero-order valence-corrected chi connectivity index (χ0v) is 19.6. The molecule has 0 amide bonds. The number of aromatic amines is 1. The van der Waals surface area contributed by atoms with Crippen molar-refractivity contribution in [1.82, 2.24) is 9.55 Å². The number of H-pyrrole nitrogens is 1. The first-order valence-corrected chi connectivity index (χ1v) is 12.3. The standard InChI is InChI=1S/C22H23N6O6P/c1-15-13-28(22(30)24-21(15)29)20-12-18(25-27-23)19(33-20)14-32-35(31,26-16-8-4-2-5-9-16)34-17-10-6-3-7-11-17/h2-11,13,18-20H,12,14H2,1H3,(H,26,31)(H,24,29,30)/t18?,19-,20-,35?/m1/s1. The zero-order chi connectivity index (χ0) is 24.8. The fourth-order valence-corrected chi connectivity index (χ4v) is 4.94. The molecule has 0 aliphatic carbocycles. The lowest BCUT2D eigenvalue weighted by atomic mass is 10.1. The molecule has 2 heterocycles. The number of nitrogens with one attached hydrogen (secondary N) is 2. The summed E-state index contributed by atoms with van der Waals surface area (Å²) >= 11 is 0. The minimum absolute atomic E-state index is 0.152. The van der Waals surface area contributed by atoms with Gasteiger partial charge in [0, 0.05) is 28.8 Å². The second-order valence-electron chi connectivity index (χ2n) is 7.79. The first-order chi connectivity index (χ1) is 16.9. The molecule has 35 heavy (non-hydrogen) atoms. The van der Waals surface area contributed by atoms with E-state index in [1.54, 1.807) is 61.5 Å². The van der Waals surface area contributed by atoms with Gasteiger partial charge in [0.2, 0.25) is 0 Å². The maximum absolute atomic E-state index is 13.7. The van der Waals surface area contributed by atoms with E-state index >= 15 is 0 Å². The molecular formula is C22H23N6O6P. The predicted molar refractivity (Wildman–Crippen MR) is 128 cm³/mol. The van der Waals surface area contributed by atoms with Crippen LogP contribution in [0.3, 0.4) is 0 Å². The number of anilines is 1. The van der Waals surface area contributed by atoms with Gasteiger partial charge in [-0.05, 0) is 36.7 Å². The van der Waals surface area contributed by atoms with Crippen LogP contribution in [0.25, 0.3) is 10.4 Å². The zero-order valence-electron chi connectivity index (χ0n) is 18.7. The van der Waals surface area contributed by atoms with Crippen molar-refractivity contribution in [2.75, 3.05) is 11.7 Å². The van der Waals surface area contributed by atoms with E-state index in [9.17, 15) is 14.2 Å². The molecule has 12 nitrogen and oxygen atoms in total. The van der Waals surface area contributed by atoms with E-state index in [1.807, 2.05) is 6.07 Å². The van der Waals surface area contributed by atoms with E-state index in [0.29, 0.717) is 17.0 Å². The highest BCUT2D eigenvalue weighted by atomic mass is 31.2. The van der Waals surface area contributed by atoms with Gasteiger partial charge >= 0.3 is 13.4 Å². The number of nitrogens with zero attached hydrogens (tertiary/aromatic N) is 4. The number of azide groups is 1. The Hall–Kier alpha value is -3.82. The topological polar surface area (TPSA) is 160 Å². The number of ether oxygens (including phenoxy) is 1. The van der Waals surface area contributed by atoms with Gasteiger partial charge in [-0.1, -0.05) is 41.5 Å². The summed E-state index contributed by atoms with van der Waals surface area (Å²) in [4.78, 5) is 29.1. The highest BCUT2D eigenvalue weighted by Crippen LogP contribution is 2.49. The van der Waals surface area contributed by atoms with Gasteiger partial charge in [0.15, 0.2) is 0 Å². The monoisotopic (exact) mass is 498 g/mol. The number of aryl methyl sites for hydroxylation is 1. The number of hydrogen-bond acceptors (Lipinski definition) is 7. The Morgan fingerprint density at radius 3 is 2.57 bits per heavy atom. The minimum atomic E-state index is -3.96. The molecule has 1 fully saturated rings. The quantitative estimate of drug-likeness (QED) is 0.194. The molecule has 1 saturated heterocycles. The maximum Gasteiger partial charge on any atom is 0.486 e. The molecule has 1 aliphatic rings. The Morgan fingerprint density at radius 1 is 1.20 bits per heavy atom. The SMILES string of the molecule is Cc1cn([C@H]2CC(N=[N+]=[N-])[C@@H](COP(=O)(Nc3ccccc3)Oc3ccccc3)O2)c(=O)[nH]c1=O. The van der Waals surface area contributed by atoms with Crippen molar-refractivity contribution in [2.45, 2.75) is 31.7 Å². The average molecular weight is 498 g/mol. The van der Waals surface area contributed by atoms with E-state index in [1.165, 1.54) is 10.8 Å². The van der Waals surface area contributed by atoms with Crippen molar-refractivity contribution in [2.24, 2.45) is 5.11 Å². The molecule has 0 bridgehead atoms. The van der Waals surface area contributed by atoms with Gasteiger partial charge in [0.25, 0.3) is 5.56 Å². The van der Waals surface area contributed by atoms with Crippen LogP contribution in [0.1, 0.15) is 18.2 Å². The summed E-state index contributed by atoms with van der Waals surface area (Å²) < 4.78 is 32.2. The largest absolute Gasteiger partial charge is 0.486 e. The van der Waals surface area contributed by atoms with E-state index < -0.39 is 37.4 Å². The Bertz CT molecular complexity index is 1330. The minimum Gasteiger partial charge on any atom is -0.409 e. The van der Waals surface area contributed by atoms with Crippen LogP contribution in [0, 0.1) is 6.92 Å². The molecular weight excluding hydrogens is 475 g/mol. The Labute approximate surface area is 199 Å². The van der Waals surface area contributed by atoms with E-state index in [4.69, 9.17) is 19.3 Å². The second kappa shape index (κ2) is 10.6. The third kappa shape index (κ3) is 6.00. The molecule has 2 aromatic carbocycles. The van der Waals surface area contributed by atoms with Crippen molar-refractivity contribution in [1.29, 1.82) is 0 Å². The normalized spacial score (nSPS) is 21.0. The van der Waals surface area contributed by atoms with E-state index in [-0.39, 0.29) is 13.0 Å². The number of rotatable bonds is 9. The summed E-state index contributed by atoms with van der Waals surface area (Å²) in [5.74, 6) is 0.325. The van der Waals surface area contributed by atoms with Crippen LogP contribution >= 0.6 is 7.75 Å². The van der Waals surface area contributed by atoms with Crippen LogP contribution in [-0.4, -0.2) is 28.3 Å². The Kier molecular flexibility index (Phi) is 7.38. The molecule has 13 heteroatoms. The summed E-state index contributed by atoms with van der Waals surface area (Å²) in [6.45, 7) is 1.29. The first kappa shape index (κ1) is 24.3. The van der Waals surface area contributed by atoms with E-state index in [0.717, 1.165) is 0 Å². The fourth-order valence-electron chi connectivity index (χ4n) is 3.57. The van der Waals surface area contributed by atoms with Gasteiger partial charge in [-0.15, -0.1) is 0 Å². The van der Waals surface area contributed by atoms with Gasteiger partial charge in [0.1, 0.15) is 12.0 Å². The lowest BCUT2D eigenvalue weighted by Gasteiger charge is -2.23. The van der Waals surface area contributed by atoms with Crippen LogP contribution in [0.2, 0.25) is 0 Å². The highest BCUT2D eigenvalue weighted by Gasteiger charge is 2.39. The van der Waals surface area contributed by atoms with Gasteiger partial charge in [0.05, 0.1) is 18.8 Å². The van der Waals surface area contributed by atoms with Crippen molar-refractivity contribution in [3.05, 3.63) is 104 Å². The molecule has 0 saturated carbocycles. The van der Waals surface area contributed by atoms with Crippen molar-refractivity contribution in [3.63, 3.8) is 0 Å². The molecule has 0 spiro atoms. The van der Waals surface area contributed by atoms with Crippen LogP contribution < -0.4 is 20.9 Å². The molecule has 4 rings (SSSR count). The second-order valence-corrected chi connectivity index (χ2v) is 9.45. The lowest BCUT2D eigenvalue weighted by Crippen LogP contribution is -2.33. The molecule has 2 unspecified atom stereocenters. The van der Waals surface area contributed by atoms with Crippen molar-refractivity contribution < 1.29 is 18.3 Å². The Balaban J connectivity index is 1.55. The first-order valence-electron chi connectivity index (χ1n) is 10.7. The summed E-state index contributed by atoms with van der Waals surface area (Å²) in [7, 11) is -3.96. The van der Waals surface area contributed by atoms with Gasteiger partial charge in [-0.25, -0.2) is 9.36 Å². The van der Waals surface area contributed by atoms with Crippen LogP contribution in [0.15, 0.2) is 81.6 Å². The third-order valence-corrected chi connectivity index (χ3v) is 6.75. The van der Waals surface area contributed by atoms with Gasteiger partial charge in [-0.2, -0.15) is 0 Å². The molecule has 182 valence electrons. The van der Waals surface area contributed by atoms with Gasteiger partial charge < -0.3 is 9.26 Å². The summed E-state index contributed by atoms with van der Waals surface area (Å²) in [6, 6.07) is 16.6. The predicted octanol–water partition coefficient (Wildman–Crippen LogP) is 4.13. The fraction of sp³-hybridized carbons (Fsp3) is 0.273. The summed E-state index contributed by atoms with van der Waals surface area (Å²) in [6.07, 6.45) is -0.124. The van der Waals surface area contributed by atoms with Crippen molar-refractivity contribution in [3.8, 4) is 5.75 Å². The molecule has 3 aromatic rings. The van der Waals surface area contributed by atoms with Crippen LogP contribution in [0.5, 0.6) is 5.75 Å². The van der Waals surface area contributed by atoms with Crippen LogP contribution in [-0.2, 0) is 13.8 Å².